The Labute approximate surface area is 190 Å². The Morgan fingerprint density at radius 3 is 2.71 bits per heavy atom. The maximum atomic E-state index is 6.41. The van der Waals surface area contributed by atoms with Gasteiger partial charge in [-0.15, -0.1) is 0 Å². The number of halogens is 1. The average molecular weight is 454 g/mol. The Hall–Kier alpha value is -2.20. The Morgan fingerprint density at radius 2 is 1.94 bits per heavy atom. The number of nitrogens with one attached hydrogen (secondary N) is 3. The summed E-state index contributed by atoms with van der Waals surface area (Å²) in [4.78, 5) is 9.05. The minimum atomic E-state index is -0.255. The van der Waals surface area contributed by atoms with Crippen LogP contribution in [0, 0.1) is 5.92 Å². The average Bonchev–Trinajstić information content (AvgIpc) is 2.75. The van der Waals surface area contributed by atoms with Gasteiger partial charge in [0.05, 0.1) is 6.20 Å². The standard InChI is InChI=1S/C24H29ClN5P/c1-15(2)22-18-13-17(10-9-16(18)11-12-26-22)28-24-27-14-19(25)23(30-24)29-20-7-5-6-8-21(20)31(3)4/h5-10,13-15,22,26H,11-12H2,1-4H3,(H2,27,28,29,30). The fourth-order valence-corrected chi connectivity index (χ4v) is 5.13. The van der Waals surface area contributed by atoms with Crippen molar-refractivity contribution >= 4 is 48.0 Å². The number of fused-ring (bicyclic) bond motifs is 1. The molecule has 162 valence electrons. The smallest absolute Gasteiger partial charge is 0.229 e. The Kier molecular flexibility index (Phi) is 6.76. The van der Waals surface area contributed by atoms with Crippen LogP contribution in [0.2, 0.25) is 5.02 Å². The van der Waals surface area contributed by atoms with E-state index in [0.717, 1.165) is 24.3 Å². The zero-order valence-corrected chi connectivity index (χ0v) is 20.1. The highest BCUT2D eigenvalue weighted by molar-refractivity contribution is 7.64. The van der Waals surface area contributed by atoms with E-state index in [1.165, 1.54) is 16.4 Å². The van der Waals surface area contributed by atoms with Crippen LogP contribution in [-0.2, 0) is 6.42 Å². The normalized spacial score (nSPS) is 15.8. The first-order valence-corrected chi connectivity index (χ1v) is 13.2. The van der Waals surface area contributed by atoms with E-state index in [2.05, 4.69) is 89.5 Å². The van der Waals surface area contributed by atoms with Crippen LogP contribution in [0.3, 0.4) is 0 Å². The molecule has 1 aliphatic rings. The molecule has 0 amide bonds. The van der Waals surface area contributed by atoms with E-state index in [1.54, 1.807) is 6.20 Å². The maximum absolute atomic E-state index is 6.41. The molecule has 7 heteroatoms. The molecule has 0 aliphatic carbocycles. The molecule has 1 aliphatic heterocycles. The molecule has 0 saturated heterocycles. The quantitative estimate of drug-likeness (QED) is 0.410. The molecule has 5 nitrogen and oxygen atoms in total. The van der Waals surface area contributed by atoms with Crippen molar-refractivity contribution in [1.29, 1.82) is 0 Å². The number of anilines is 4. The number of para-hydroxylation sites is 1. The van der Waals surface area contributed by atoms with Gasteiger partial charge in [-0.3, -0.25) is 0 Å². The van der Waals surface area contributed by atoms with E-state index < -0.39 is 0 Å². The molecule has 0 bridgehead atoms. The molecule has 1 atom stereocenters. The highest BCUT2D eigenvalue weighted by Gasteiger charge is 2.22. The topological polar surface area (TPSA) is 61.9 Å². The first-order chi connectivity index (χ1) is 14.9. The molecule has 0 radical (unpaired) electrons. The molecule has 1 unspecified atom stereocenters. The summed E-state index contributed by atoms with van der Waals surface area (Å²) < 4.78 is 0. The van der Waals surface area contributed by atoms with Crippen molar-refractivity contribution in [1.82, 2.24) is 15.3 Å². The van der Waals surface area contributed by atoms with E-state index >= 15 is 0 Å². The Morgan fingerprint density at radius 1 is 1.13 bits per heavy atom. The monoisotopic (exact) mass is 453 g/mol. The summed E-state index contributed by atoms with van der Waals surface area (Å²) in [6, 6.07) is 15.2. The number of aromatic nitrogens is 2. The summed E-state index contributed by atoms with van der Waals surface area (Å²) in [5.74, 6) is 1.65. The second-order valence-electron chi connectivity index (χ2n) is 8.39. The minimum Gasteiger partial charge on any atom is -0.338 e. The van der Waals surface area contributed by atoms with Gasteiger partial charge in [0.2, 0.25) is 5.95 Å². The number of benzene rings is 2. The molecule has 31 heavy (non-hydrogen) atoms. The summed E-state index contributed by atoms with van der Waals surface area (Å²) in [7, 11) is -0.255. The highest BCUT2D eigenvalue weighted by atomic mass is 35.5. The van der Waals surface area contributed by atoms with E-state index in [0.29, 0.717) is 28.7 Å². The van der Waals surface area contributed by atoms with Crippen LogP contribution < -0.4 is 21.3 Å². The Bertz CT molecular complexity index is 1070. The first kappa shape index (κ1) is 22.0. The summed E-state index contributed by atoms with van der Waals surface area (Å²) in [5.41, 5.74) is 4.78. The van der Waals surface area contributed by atoms with Crippen molar-refractivity contribution in [2.24, 2.45) is 5.92 Å². The molecular weight excluding hydrogens is 425 g/mol. The number of rotatable bonds is 6. The van der Waals surface area contributed by atoms with Crippen LogP contribution in [0.15, 0.2) is 48.7 Å². The lowest BCUT2D eigenvalue weighted by atomic mass is 9.87. The molecule has 0 fully saturated rings. The van der Waals surface area contributed by atoms with E-state index in [-0.39, 0.29) is 7.92 Å². The van der Waals surface area contributed by atoms with Gasteiger partial charge in [-0.1, -0.05) is 57.6 Å². The first-order valence-electron chi connectivity index (χ1n) is 10.6. The van der Waals surface area contributed by atoms with Gasteiger partial charge < -0.3 is 16.0 Å². The molecule has 3 aromatic rings. The highest BCUT2D eigenvalue weighted by Crippen LogP contribution is 2.33. The van der Waals surface area contributed by atoms with Crippen molar-refractivity contribution in [3.63, 3.8) is 0 Å². The largest absolute Gasteiger partial charge is 0.338 e. The summed E-state index contributed by atoms with van der Waals surface area (Å²) >= 11 is 6.41. The van der Waals surface area contributed by atoms with E-state index in [9.17, 15) is 0 Å². The molecule has 1 aromatic heterocycles. The molecular formula is C24H29ClN5P. The van der Waals surface area contributed by atoms with Crippen molar-refractivity contribution in [3.05, 3.63) is 64.8 Å². The van der Waals surface area contributed by atoms with E-state index in [4.69, 9.17) is 11.6 Å². The van der Waals surface area contributed by atoms with Crippen LogP contribution in [-0.4, -0.2) is 29.8 Å². The predicted octanol–water partition coefficient (Wildman–Crippen LogP) is 5.83. The lowest BCUT2D eigenvalue weighted by molar-refractivity contribution is 0.395. The van der Waals surface area contributed by atoms with Crippen molar-refractivity contribution in [2.75, 3.05) is 30.5 Å². The molecule has 2 aromatic carbocycles. The van der Waals surface area contributed by atoms with Crippen LogP contribution in [0.4, 0.5) is 23.1 Å². The van der Waals surface area contributed by atoms with Gasteiger partial charge in [0, 0.05) is 17.4 Å². The summed E-state index contributed by atoms with van der Waals surface area (Å²) in [6.07, 6.45) is 2.70. The van der Waals surface area contributed by atoms with Crippen molar-refractivity contribution in [3.8, 4) is 0 Å². The third-order valence-electron chi connectivity index (χ3n) is 5.55. The molecule has 3 N–H and O–H groups in total. The third kappa shape index (κ3) is 5.01. The minimum absolute atomic E-state index is 0.255. The van der Waals surface area contributed by atoms with Crippen LogP contribution in [0.25, 0.3) is 0 Å². The second kappa shape index (κ2) is 9.52. The summed E-state index contributed by atoms with van der Waals surface area (Å²) in [5, 5.41) is 12.2. The maximum Gasteiger partial charge on any atom is 0.229 e. The van der Waals surface area contributed by atoms with Gasteiger partial charge in [0.25, 0.3) is 0 Å². The SMILES string of the molecule is CC(C)C1NCCc2ccc(Nc3ncc(Cl)c(Nc4ccccc4P(C)C)n3)cc21. The number of hydrogen-bond donors (Lipinski definition) is 3. The van der Waals surface area contributed by atoms with Crippen molar-refractivity contribution in [2.45, 2.75) is 26.3 Å². The lowest BCUT2D eigenvalue weighted by Crippen LogP contribution is -2.33. The van der Waals surface area contributed by atoms with Gasteiger partial charge >= 0.3 is 0 Å². The van der Waals surface area contributed by atoms with Crippen LogP contribution in [0.5, 0.6) is 0 Å². The molecule has 0 spiro atoms. The predicted molar refractivity (Wildman–Crippen MR) is 134 cm³/mol. The number of nitrogens with zero attached hydrogens (tertiary/aromatic N) is 2. The fourth-order valence-electron chi connectivity index (χ4n) is 4.00. The van der Waals surface area contributed by atoms with Gasteiger partial charge in [-0.25, -0.2) is 4.98 Å². The third-order valence-corrected chi connectivity index (χ3v) is 7.18. The zero-order valence-electron chi connectivity index (χ0n) is 18.4. The van der Waals surface area contributed by atoms with Gasteiger partial charge in [-0.05, 0) is 66.8 Å². The lowest BCUT2D eigenvalue weighted by Gasteiger charge is -2.30. The zero-order chi connectivity index (χ0) is 22.0. The fraction of sp³-hybridized carbons (Fsp3) is 0.333. The van der Waals surface area contributed by atoms with Gasteiger partial charge in [-0.2, -0.15) is 4.98 Å². The van der Waals surface area contributed by atoms with Gasteiger partial charge in [0.1, 0.15) is 5.02 Å². The molecule has 0 saturated carbocycles. The van der Waals surface area contributed by atoms with Gasteiger partial charge in [0.15, 0.2) is 5.82 Å². The molecule has 2 heterocycles. The second-order valence-corrected chi connectivity index (χ2v) is 11.1. The number of hydrogen-bond acceptors (Lipinski definition) is 5. The summed E-state index contributed by atoms with van der Waals surface area (Å²) in [6.45, 7) is 10.0. The van der Waals surface area contributed by atoms with E-state index in [1.807, 2.05) is 6.07 Å². The van der Waals surface area contributed by atoms with Crippen molar-refractivity contribution < 1.29 is 0 Å². The van der Waals surface area contributed by atoms with Crippen LogP contribution >= 0.6 is 19.5 Å². The van der Waals surface area contributed by atoms with Crippen LogP contribution in [0.1, 0.15) is 31.0 Å². The Balaban J connectivity index is 1.59. The molecule has 4 rings (SSSR count).